The maximum Gasteiger partial charge on any atom is 0.267 e. The molecular formula is C11H14N4OS. The van der Waals surface area contributed by atoms with E-state index in [0.29, 0.717) is 11.8 Å². The van der Waals surface area contributed by atoms with E-state index in [4.69, 9.17) is 4.42 Å². The van der Waals surface area contributed by atoms with E-state index in [-0.39, 0.29) is 0 Å². The molecule has 5 nitrogen and oxygen atoms in total. The van der Waals surface area contributed by atoms with Crippen LogP contribution in [0.4, 0.5) is 0 Å². The van der Waals surface area contributed by atoms with Gasteiger partial charge < -0.3 is 9.73 Å². The van der Waals surface area contributed by atoms with Gasteiger partial charge in [0.05, 0.1) is 5.01 Å². The Morgan fingerprint density at radius 2 is 2.35 bits per heavy atom. The van der Waals surface area contributed by atoms with Crippen molar-refractivity contribution in [3.05, 3.63) is 16.3 Å². The van der Waals surface area contributed by atoms with Crippen LogP contribution in [0.25, 0.3) is 11.6 Å². The van der Waals surface area contributed by atoms with E-state index in [1.807, 2.05) is 12.3 Å². The van der Waals surface area contributed by atoms with Gasteiger partial charge in [0.2, 0.25) is 5.89 Å². The van der Waals surface area contributed by atoms with E-state index in [1.54, 1.807) is 11.3 Å². The third-order valence-corrected chi connectivity index (χ3v) is 3.43. The van der Waals surface area contributed by atoms with E-state index >= 15 is 0 Å². The Kier molecular flexibility index (Phi) is 2.90. The van der Waals surface area contributed by atoms with Gasteiger partial charge in [-0.05, 0) is 19.8 Å². The second-order valence-corrected chi connectivity index (χ2v) is 5.29. The fourth-order valence-electron chi connectivity index (χ4n) is 1.59. The summed E-state index contributed by atoms with van der Waals surface area (Å²) in [6, 6.07) is 0.721. The molecule has 1 aliphatic carbocycles. The van der Waals surface area contributed by atoms with Crippen molar-refractivity contribution in [1.82, 2.24) is 20.5 Å². The van der Waals surface area contributed by atoms with Crippen LogP contribution in [0.15, 0.2) is 9.80 Å². The first-order valence-corrected chi connectivity index (χ1v) is 6.67. The van der Waals surface area contributed by atoms with Gasteiger partial charge >= 0.3 is 0 Å². The number of aromatic nitrogens is 3. The molecule has 0 saturated heterocycles. The van der Waals surface area contributed by atoms with E-state index in [1.165, 1.54) is 12.8 Å². The third-order valence-electron chi connectivity index (χ3n) is 2.65. The number of rotatable bonds is 5. The van der Waals surface area contributed by atoms with Crippen molar-refractivity contribution < 1.29 is 4.42 Å². The Hall–Kier alpha value is -1.27. The highest BCUT2D eigenvalue weighted by molar-refractivity contribution is 7.09. The van der Waals surface area contributed by atoms with Crippen LogP contribution in [0.3, 0.4) is 0 Å². The van der Waals surface area contributed by atoms with Crippen molar-refractivity contribution in [3.8, 4) is 11.6 Å². The Labute approximate surface area is 103 Å². The van der Waals surface area contributed by atoms with E-state index in [9.17, 15) is 0 Å². The molecule has 0 unspecified atom stereocenters. The maximum absolute atomic E-state index is 5.57. The molecule has 2 aromatic rings. The molecule has 3 rings (SSSR count). The molecular weight excluding hydrogens is 236 g/mol. The molecule has 1 N–H and O–H groups in total. The summed E-state index contributed by atoms with van der Waals surface area (Å²) in [6.07, 6.45) is 3.38. The third kappa shape index (κ3) is 2.70. The van der Waals surface area contributed by atoms with Crippen LogP contribution in [0.1, 0.15) is 23.7 Å². The predicted octanol–water partition coefficient (Wildman–Crippen LogP) is 1.80. The first kappa shape index (κ1) is 10.9. The Balaban J connectivity index is 1.61. The van der Waals surface area contributed by atoms with Crippen molar-refractivity contribution in [3.63, 3.8) is 0 Å². The molecule has 0 radical (unpaired) electrons. The molecule has 0 aliphatic heterocycles. The molecule has 17 heavy (non-hydrogen) atoms. The molecule has 0 spiro atoms. The normalized spacial score (nSPS) is 15.4. The molecule has 0 aromatic carbocycles. The Morgan fingerprint density at radius 1 is 1.47 bits per heavy atom. The predicted molar refractivity (Wildman–Crippen MR) is 64.9 cm³/mol. The van der Waals surface area contributed by atoms with Crippen LogP contribution in [0.5, 0.6) is 0 Å². The fourth-order valence-corrected chi connectivity index (χ4v) is 2.18. The summed E-state index contributed by atoms with van der Waals surface area (Å²) >= 11 is 1.59. The van der Waals surface area contributed by atoms with Crippen LogP contribution in [0, 0.1) is 6.92 Å². The summed E-state index contributed by atoms with van der Waals surface area (Å²) in [5.41, 5.74) is 0.779. The summed E-state index contributed by atoms with van der Waals surface area (Å²) in [4.78, 5) is 4.32. The van der Waals surface area contributed by atoms with E-state index in [2.05, 4.69) is 20.5 Å². The summed E-state index contributed by atoms with van der Waals surface area (Å²) in [7, 11) is 0. The average molecular weight is 250 g/mol. The van der Waals surface area contributed by atoms with Gasteiger partial charge in [-0.25, -0.2) is 4.98 Å². The van der Waals surface area contributed by atoms with Gasteiger partial charge in [0.15, 0.2) is 0 Å². The maximum atomic E-state index is 5.57. The van der Waals surface area contributed by atoms with Gasteiger partial charge in [0, 0.05) is 24.4 Å². The monoisotopic (exact) mass is 250 g/mol. The number of hydrogen-bond donors (Lipinski definition) is 1. The minimum atomic E-state index is 0.524. The highest BCUT2D eigenvalue weighted by Gasteiger charge is 2.20. The van der Waals surface area contributed by atoms with Crippen LogP contribution < -0.4 is 5.32 Å². The average Bonchev–Trinajstić information content (AvgIpc) is 2.85. The molecule has 6 heteroatoms. The lowest BCUT2D eigenvalue weighted by molar-refractivity contribution is 0.493. The molecule has 1 saturated carbocycles. The van der Waals surface area contributed by atoms with Crippen LogP contribution in [0.2, 0.25) is 0 Å². The molecule has 1 fully saturated rings. The number of nitrogens with zero attached hydrogens (tertiary/aromatic N) is 3. The summed E-state index contributed by atoms with van der Waals surface area (Å²) in [5.74, 6) is 1.20. The minimum absolute atomic E-state index is 0.524. The highest BCUT2D eigenvalue weighted by Crippen LogP contribution is 2.20. The zero-order valence-corrected chi connectivity index (χ0v) is 10.5. The molecule has 90 valence electrons. The number of thiazole rings is 1. The summed E-state index contributed by atoms with van der Waals surface area (Å²) in [6.45, 7) is 2.87. The van der Waals surface area contributed by atoms with Crippen molar-refractivity contribution in [1.29, 1.82) is 0 Å². The lowest BCUT2D eigenvalue weighted by Crippen LogP contribution is -2.19. The second kappa shape index (κ2) is 4.54. The van der Waals surface area contributed by atoms with Gasteiger partial charge in [-0.3, -0.25) is 0 Å². The molecule has 2 aromatic heterocycles. The minimum Gasteiger partial charge on any atom is -0.419 e. The largest absolute Gasteiger partial charge is 0.419 e. The Morgan fingerprint density at radius 3 is 3.06 bits per heavy atom. The summed E-state index contributed by atoms with van der Waals surface area (Å²) < 4.78 is 5.57. The first-order chi connectivity index (χ1) is 8.31. The SMILES string of the molecule is Cc1nc(-c2nnc(CCNC3CC3)o2)cs1. The molecule has 0 atom stereocenters. The van der Waals surface area contributed by atoms with Crippen molar-refractivity contribution in [2.45, 2.75) is 32.2 Å². The van der Waals surface area contributed by atoms with E-state index in [0.717, 1.165) is 29.7 Å². The van der Waals surface area contributed by atoms with Crippen LogP contribution >= 0.6 is 11.3 Å². The lowest BCUT2D eigenvalue weighted by Gasteiger charge is -1.97. The van der Waals surface area contributed by atoms with Gasteiger partial charge in [0.25, 0.3) is 5.89 Å². The van der Waals surface area contributed by atoms with Gasteiger partial charge in [-0.15, -0.1) is 21.5 Å². The quantitative estimate of drug-likeness (QED) is 0.876. The van der Waals surface area contributed by atoms with Gasteiger partial charge in [0.1, 0.15) is 5.69 Å². The zero-order valence-electron chi connectivity index (χ0n) is 9.64. The number of aryl methyl sites for hydroxylation is 1. The van der Waals surface area contributed by atoms with Crippen molar-refractivity contribution in [2.24, 2.45) is 0 Å². The Bertz CT molecular complexity index is 503. The van der Waals surface area contributed by atoms with Crippen molar-refractivity contribution >= 4 is 11.3 Å². The smallest absolute Gasteiger partial charge is 0.267 e. The zero-order chi connectivity index (χ0) is 11.7. The first-order valence-electron chi connectivity index (χ1n) is 5.79. The second-order valence-electron chi connectivity index (χ2n) is 4.23. The van der Waals surface area contributed by atoms with Gasteiger partial charge in [-0.2, -0.15) is 0 Å². The van der Waals surface area contributed by atoms with Crippen LogP contribution in [-0.4, -0.2) is 27.8 Å². The lowest BCUT2D eigenvalue weighted by atomic mass is 10.4. The van der Waals surface area contributed by atoms with E-state index < -0.39 is 0 Å². The molecule has 2 heterocycles. The van der Waals surface area contributed by atoms with Gasteiger partial charge in [-0.1, -0.05) is 0 Å². The highest BCUT2D eigenvalue weighted by atomic mass is 32.1. The standard InChI is InChI=1S/C11H14N4OS/c1-7-13-9(6-17-7)11-15-14-10(16-11)4-5-12-8-2-3-8/h6,8,12H,2-5H2,1H3. The summed E-state index contributed by atoms with van der Waals surface area (Å²) in [5, 5.41) is 14.4. The fraction of sp³-hybridized carbons (Fsp3) is 0.545. The molecule has 0 bridgehead atoms. The molecule has 1 aliphatic rings. The molecule has 0 amide bonds. The number of nitrogens with one attached hydrogen (secondary N) is 1. The van der Waals surface area contributed by atoms with Crippen LogP contribution in [-0.2, 0) is 6.42 Å². The number of hydrogen-bond acceptors (Lipinski definition) is 6. The topological polar surface area (TPSA) is 63.8 Å². The van der Waals surface area contributed by atoms with Crippen molar-refractivity contribution in [2.75, 3.05) is 6.54 Å².